The molecule has 0 aromatic heterocycles. The van der Waals surface area contributed by atoms with Gasteiger partial charge in [-0.25, -0.2) is 22.7 Å². The van der Waals surface area contributed by atoms with Gasteiger partial charge in [0.1, 0.15) is 40.2 Å². The van der Waals surface area contributed by atoms with Crippen LogP contribution in [0.5, 0.6) is 34.5 Å². The maximum atomic E-state index is 13.8. The lowest BCUT2D eigenvalue weighted by Gasteiger charge is -2.50. The summed E-state index contributed by atoms with van der Waals surface area (Å²) in [5, 5.41) is 43.4. The number of Topliss-reactive ketones (excluding diaryl/α,β-unsaturated/α-hetero) is 3. The number of phosphoric acid groups is 3. The van der Waals surface area contributed by atoms with Crippen LogP contribution in [0.3, 0.4) is 0 Å². The van der Waals surface area contributed by atoms with Crippen molar-refractivity contribution in [3.63, 3.8) is 0 Å². The van der Waals surface area contributed by atoms with Crippen LogP contribution in [0, 0.1) is 11.3 Å². The molecule has 6 heterocycles. The van der Waals surface area contributed by atoms with Crippen LogP contribution in [0.4, 0.5) is 0 Å². The summed E-state index contributed by atoms with van der Waals surface area (Å²) in [6.45, 7) is 29.1. The van der Waals surface area contributed by atoms with Crippen LogP contribution >= 0.6 is 35.1 Å². The van der Waals surface area contributed by atoms with E-state index in [1.54, 1.807) is 131 Å². The fourth-order valence-electron chi connectivity index (χ4n) is 19.9. The lowest BCUT2D eigenvalue weighted by atomic mass is 9.54. The zero-order valence-corrected chi connectivity index (χ0v) is 69.9. The SMILES string of the molecule is CC#N.CC(C)(C)OP(=O)(OCCl)OC(C)(C)C.COc1ccc2c3c1OC1C(=O)CC[C@@]4(O)[C@@H](C2)N(C)C[C@]314.COc1ccc2c3c1OC1C(=O)CC[C@@]4(O)[C@@H](C2)[N+](C)(COP(=O)(O)OC(C)(C)C)C[C@]314.COc1ccc2c3c1OC1C(=O)CC[C@@]4(O)[C@@H](C2)[N+](C)(COP(=O)(OC(C)(C)C)OC(C)(C)C)C[C@]314. The summed E-state index contributed by atoms with van der Waals surface area (Å²) >= 11 is 5.39. The summed E-state index contributed by atoms with van der Waals surface area (Å²) in [5.74, 6) is 3.55. The number of quaternary nitrogens is 2. The number of carbonyl (C=O) groups is 3. The van der Waals surface area contributed by atoms with Crippen molar-refractivity contribution in [2.75, 3.05) is 81.6 Å². The zero-order chi connectivity index (χ0) is 80.2. The van der Waals surface area contributed by atoms with Gasteiger partial charge in [-0.3, -0.25) is 55.4 Å². The molecule has 6 aliphatic heterocycles. The van der Waals surface area contributed by atoms with E-state index in [1.165, 1.54) is 12.5 Å². The number of methoxy groups -OCH3 is 3. The van der Waals surface area contributed by atoms with Gasteiger partial charge >= 0.3 is 23.5 Å². The number of nitrogens with zero attached hydrogens (tertiary/aromatic N) is 4. The highest BCUT2D eigenvalue weighted by Gasteiger charge is 2.83. The van der Waals surface area contributed by atoms with Gasteiger partial charge < -0.3 is 48.6 Å². The normalized spacial score (nSPS) is 33.6. The van der Waals surface area contributed by atoms with Gasteiger partial charge in [-0.2, -0.15) is 5.26 Å². The first-order valence-corrected chi connectivity index (χ1v) is 41.7. The molecular formula is C76H112ClN4O24P3+2. The summed E-state index contributed by atoms with van der Waals surface area (Å²) in [7, 11) is -1.23. The van der Waals surface area contributed by atoms with Gasteiger partial charge in [0.15, 0.2) is 83.6 Å². The molecule has 3 aromatic rings. The Morgan fingerprint density at radius 3 is 1.19 bits per heavy atom. The molecule has 4 N–H and O–H groups in total. The largest absolute Gasteiger partial charge is 0.493 e. The molecule has 3 aromatic carbocycles. The van der Waals surface area contributed by atoms with Gasteiger partial charge in [0, 0.05) is 68.3 Å². The summed E-state index contributed by atoms with van der Waals surface area (Å²) in [6.07, 6.45) is 1.73. The third-order valence-corrected chi connectivity index (χ3v) is 28.4. The van der Waals surface area contributed by atoms with Crippen LogP contribution in [0.15, 0.2) is 36.4 Å². The first-order valence-electron chi connectivity index (χ1n) is 36.8. The Balaban J connectivity index is 0.000000148. The average Bonchev–Trinajstić information content (AvgIpc) is 1.49. The Labute approximate surface area is 639 Å². The van der Waals surface area contributed by atoms with E-state index in [0.717, 1.165) is 34.2 Å². The van der Waals surface area contributed by atoms with E-state index < -0.39 is 103 Å². The minimum atomic E-state index is -4.33. The fraction of sp³-hybridized carbons (Fsp3) is 0.711. The van der Waals surface area contributed by atoms with Gasteiger partial charge in [0.25, 0.3) is 0 Å². The van der Waals surface area contributed by atoms with Crippen LogP contribution < -0.4 is 28.4 Å². The van der Waals surface area contributed by atoms with Crippen molar-refractivity contribution in [3.05, 3.63) is 69.8 Å². The number of hydrogen-bond acceptors (Lipinski definition) is 25. The van der Waals surface area contributed by atoms with Gasteiger partial charge in [-0.1, -0.05) is 29.8 Å². The molecule has 0 amide bonds. The van der Waals surface area contributed by atoms with E-state index in [1.807, 2.05) is 51.5 Å². The third kappa shape index (κ3) is 14.2. The topological polar surface area (TPSA) is 340 Å². The van der Waals surface area contributed by atoms with Crippen LogP contribution in [-0.2, 0) is 99.8 Å². The average molecular weight is 1590 g/mol. The van der Waals surface area contributed by atoms with Crippen molar-refractivity contribution in [2.45, 2.75) is 266 Å². The minimum absolute atomic E-state index is 0.0144. The maximum Gasteiger partial charge on any atom is 0.480 e. The lowest BCUT2D eigenvalue weighted by molar-refractivity contribution is -0.940. The fourth-order valence-corrected chi connectivity index (χ4v) is 24.9. The third-order valence-electron chi connectivity index (χ3n) is 22.9. The predicted molar refractivity (Wildman–Crippen MR) is 396 cm³/mol. The molecule has 15 rings (SSSR count). The number of hydrogen-bond donors (Lipinski definition) is 4. The number of benzene rings is 3. The summed E-state index contributed by atoms with van der Waals surface area (Å²) < 4.78 is 118. The van der Waals surface area contributed by atoms with E-state index in [-0.39, 0.29) is 76.8 Å². The van der Waals surface area contributed by atoms with Crippen LogP contribution in [0.1, 0.15) is 183 Å². The molecule has 15 atom stereocenters. The van der Waals surface area contributed by atoms with Crippen LogP contribution in [-0.4, -0.2) is 214 Å². The smallest absolute Gasteiger partial charge is 0.480 e. The molecule has 32 heteroatoms. The molecule has 0 radical (unpaired) electrons. The van der Waals surface area contributed by atoms with Crippen molar-refractivity contribution in [3.8, 4) is 40.6 Å². The molecule has 28 nitrogen and oxygen atoms in total. The Hall–Kier alpha value is -4.66. The first-order chi connectivity index (χ1) is 49.6. The molecule has 6 fully saturated rings. The van der Waals surface area contributed by atoms with E-state index in [0.29, 0.717) is 92.7 Å². The Morgan fingerprint density at radius 2 is 0.843 bits per heavy atom. The molecule has 3 saturated carbocycles. The second-order valence-electron chi connectivity index (χ2n) is 36.2. The van der Waals surface area contributed by atoms with E-state index in [4.69, 9.17) is 81.5 Å². The minimum Gasteiger partial charge on any atom is -0.493 e. The van der Waals surface area contributed by atoms with Crippen LogP contribution in [0.25, 0.3) is 0 Å². The Kier molecular flexibility index (Phi) is 21.9. The summed E-state index contributed by atoms with van der Waals surface area (Å²) in [6, 6.07) is 12.6. The van der Waals surface area contributed by atoms with Crippen molar-refractivity contribution >= 4 is 52.4 Å². The standard InChI is InChI=1S/C26H39NO8P.C22H30NO8P.C17H19NO4.C9H20ClO4P.C2H3N/c1-23(2,3)34-36(30,35-24(4,5)6)32-15-27(7)14-25-20-16-9-10-18(31-8)21(20)33-22(25)17(28)11-12-26(25,29)19(27)13-16;1-20(2,3)31-32(26,27)29-12-23(4)11-21-17-13-6-7-15(28-5)18(17)30-19(21)14(24)8-9-22(21,25)16(23)10-13;1-18-8-16-13-9-3-4-11(21-2)14(13)22-15(16)10(19)5-6-17(16,20)12(18)7-9;1-8(2,3)13-15(11,12-7-10)14-9(4,5)6;1-2-3/h9-10,19,22,29H,11-15H2,1-8H3;6-7,16,19,25H,8-12H2,1-5H3;3-4,12,15,20H,5-8H2,1-2H3;7H2,1-6H3;1H3/q+1;;;;/p+1/t19-,22?,25+,26-,27?;16-,19?,21+,22-,23?;12-,15?,16+,17-;;/m111../s1. The quantitative estimate of drug-likeness (QED) is 0.0588. The van der Waals surface area contributed by atoms with E-state index >= 15 is 0 Å². The first kappa shape index (κ1) is 84.3. The molecule has 600 valence electrons. The molecule has 12 aliphatic rings. The molecule has 3 saturated heterocycles. The number of likely N-dealkylation sites (tertiary alicyclic amines) is 3. The van der Waals surface area contributed by atoms with Gasteiger partial charge in [-0.05, 0) is 171 Å². The summed E-state index contributed by atoms with van der Waals surface area (Å²) in [4.78, 5) is 51.2. The predicted octanol–water partition coefficient (Wildman–Crippen LogP) is 11.1. The summed E-state index contributed by atoms with van der Waals surface area (Å²) in [5.41, 5.74) is -3.43. The number of likely N-dealkylation sites (N-methyl/N-ethyl adjacent to an activating group) is 3. The van der Waals surface area contributed by atoms with Crippen LogP contribution in [0.2, 0.25) is 0 Å². The van der Waals surface area contributed by atoms with Crippen molar-refractivity contribution in [1.29, 1.82) is 5.26 Å². The van der Waals surface area contributed by atoms with Crippen molar-refractivity contribution in [2.24, 2.45) is 0 Å². The highest BCUT2D eigenvalue weighted by atomic mass is 35.5. The highest BCUT2D eigenvalue weighted by Crippen LogP contribution is 2.71. The number of aliphatic hydroxyl groups is 3. The van der Waals surface area contributed by atoms with Gasteiger partial charge in [0.05, 0.1) is 93.6 Å². The number of carbonyl (C=O) groups excluding carboxylic acids is 3. The van der Waals surface area contributed by atoms with E-state index in [2.05, 4.69) is 11.0 Å². The number of nitriles is 1. The number of ether oxygens (including phenoxy) is 6. The molecule has 3 spiro atoms. The molecule has 108 heavy (non-hydrogen) atoms. The highest BCUT2D eigenvalue weighted by molar-refractivity contribution is 7.49. The number of alkyl halides is 1. The monoisotopic (exact) mass is 1590 g/mol. The number of rotatable bonds is 16. The number of ketones is 3. The zero-order valence-electron chi connectivity index (χ0n) is 66.5. The van der Waals surface area contributed by atoms with Crippen molar-refractivity contribution < 1.29 is 122 Å². The molecular weight excluding hydrogens is 1480 g/mol. The maximum absolute atomic E-state index is 13.8. The van der Waals surface area contributed by atoms with Crippen molar-refractivity contribution in [1.82, 2.24) is 4.90 Å². The Bertz CT molecular complexity index is 4220. The molecule has 6 unspecified atom stereocenters. The van der Waals surface area contributed by atoms with Gasteiger partial charge in [0.2, 0.25) is 0 Å². The second-order valence-corrected chi connectivity index (χ2v) is 40.8. The molecule has 6 aliphatic carbocycles. The Morgan fingerprint density at radius 1 is 0.528 bits per heavy atom. The van der Waals surface area contributed by atoms with E-state index in [9.17, 15) is 48.3 Å². The number of phosphoric ester groups is 3. The second kappa shape index (κ2) is 28.1. The number of halogens is 1. The lowest BCUT2D eigenvalue weighted by Crippen LogP contribution is -2.67. The molecule has 6 bridgehead atoms. The van der Waals surface area contributed by atoms with Gasteiger partial charge in [-0.15, -0.1) is 0 Å².